The summed E-state index contributed by atoms with van der Waals surface area (Å²) in [5.74, 6) is 2.29. The SMILES string of the molecule is CCCCCc1nc(CCC2CCC(C(=O)O)CC2)n(Cc2ccc(-c3ccccc3-c3nn[nH]n3)cc2)n1. The van der Waals surface area contributed by atoms with Crippen LogP contribution in [0.15, 0.2) is 48.5 Å². The maximum Gasteiger partial charge on any atom is 0.306 e. The number of aromatic amines is 1. The number of hydrogen-bond acceptors (Lipinski definition) is 6. The number of benzene rings is 2. The van der Waals surface area contributed by atoms with Crippen molar-refractivity contribution in [1.82, 2.24) is 35.4 Å². The second-order valence-electron chi connectivity index (χ2n) is 10.6. The Balaban J connectivity index is 1.29. The quantitative estimate of drug-likeness (QED) is 0.226. The van der Waals surface area contributed by atoms with Crippen molar-refractivity contribution in [1.29, 1.82) is 0 Å². The van der Waals surface area contributed by atoms with Gasteiger partial charge in [0, 0.05) is 18.4 Å². The lowest BCUT2D eigenvalue weighted by Gasteiger charge is -2.25. The fourth-order valence-corrected chi connectivity index (χ4v) is 5.58. The summed E-state index contributed by atoms with van der Waals surface area (Å²) in [6.07, 6.45) is 9.83. The molecule has 0 unspecified atom stereocenters. The highest BCUT2D eigenvalue weighted by atomic mass is 16.4. The Hall–Kier alpha value is -3.88. The fourth-order valence-electron chi connectivity index (χ4n) is 5.58. The molecule has 0 radical (unpaired) electrons. The average Bonchev–Trinajstić information content (AvgIpc) is 3.63. The van der Waals surface area contributed by atoms with Gasteiger partial charge >= 0.3 is 5.97 Å². The number of tetrazole rings is 1. The first kappa shape index (κ1) is 26.7. The summed E-state index contributed by atoms with van der Waals surface area (Å²) in [6, 6.07) is 16.6. The van der Waals surface area contributed by atoms with Gasteiger partial charge in [-0.1, -0.05) is 68.3 Å². The number of H-pyrrole nitrogens is 1. The van der Waals surface area contributed by atoms with Gasteiger partial charge in [0.25, 0.3) is 0 Å². The van der Waals surface area contributed by atoms with E-state index in [-0.39, 0.29) is 5.92 Å². The zero-order valence-corrected chi connectivity index (χ0v) is 22.6. The molecule has 0 atom stereocenters. The molecule has 204 valence electrons. The summed E-state index contributed by atoms with van der Waals surface area (Å²) in [5, 5.41) is 28.8. The van der Waals surface area contributed by atoms with Gasteiger partial charge < -0.3 is 5.11 Å². The van der Waals surface area contributed by atoms with Gasteiger partial charge in [0.05, 0.1) is 12.5 Å². The predicted molar refractivity (Wildman–Crippen MR) is 149 cm³/mol. The second-order valence-corrected chi connectivity index (χ2v) is 10.6. The third kappa shape index (κ3) is 6.77. The Morgan fingerprint density at radius 2 is 1.77 bits per heavy atom. The van der Waals surface area contributed by atoms with Crippen LogP contribution in [0.1, 0.15) is 75.5 Å². The number of aromatic nitrogens is 7. The van der Waals surface area contributed by atoms with Crippen molar-refractivity contribution in [3.63, 3.8) is 0 Å². The lowest BCUT2D eigenvalue weighted by Crippen LogP contribution is -2.22. The molecule has 5 rings (SSSR count). The number of rotatable bonds is 12. The summed E-state index contributed by atoms with van der Waals surface area (Å²) in [7, 11) is 0. The Morgan fingerprint density at radius 1 is 1.00 bits per heavy atom. The number of hydrogen-bond donors (Lipinski definition) is 2. The molecule has 0 aliphatic heterocycles. The van der Waals surface area contributed by atoms with Crippen LogP contribution in [-0.4, -0.2) is 46.5 Å². The van der Waals surface area contributed by atoms with E-state index in [0.717, 1.165) is 79.7 Å². The highest BCUT2D eigenvalue weighted by Gasteiger charge is 2.26. The van der Waals surface area contributed by atoms with E-state index in [9.17, 15) is 9.90 Å². The van der Waals surface area contributed by atoms with E-state index in [2.05, 4.69) is 62.6 Å². The van der Waals surface area contributed by atoms with Gasteiger partial charge in [-0.25, -0.2) is 9.67 Å². The van der Waals surface area contributed by atoms with E-state index in [1.807, 2.05) is 18.2 Å². The Kier molecular flexibility index (Phi) is 8.75. The zero-order chi connectivity index (χ0) is 27.0. The molecule has 1 aliphatic rings. The molecule has 9 heteroatoms. The zero-order valence-electron chi connectivity index (χ0n) is 22.6. The van der Waals surface area contributed by atoms with E-state index >= 15 is 0 Å². The molecular formula is C30H37N7O2. The molecule has 0 spiro atoms. The largest absolute Gasteiger partial charge is 0.481 e. The van der Waals surface area contributed by atoms with E-state index in [1.165, 1.54) is 18.4 Å². The molecule has 0 saturated heterocycles. The summed E-state index contributed by atoms with van der Waals surface area (Å²) >= 11 is 0. The topological polar surface area (TPSA) is 122 Å². The molecule has 0 bridgehead atoms. The summed E-state index contributed by atoms with van der Waals surface area (Å²) in [6.45, 7) is 2.88. The number of nitrogens with zero attached hydrogens (tertiary/aromatic N) is 6. The van der Waals surface area contributed by atoms with Crippen molar-refractivity contribution in [3.05, 3.63) is 65.7 Å². The van der Waals surface area contributed by atoms with Crippen LogP contribution >= 0.6 is 0 Å². The van der Waals surface area contributed by atoms with Crippen LogP contribution in [0.5, 0.6) is 0 Å². The van der Waals surface area contributed by atoms with Gasteiger partial charge in [0.15, 0.2) is 5.82 Å². The third-order valence-corrected chi connectivity index (χ3v) is 7.88. The van der Waals surface area contributed by atoms with Crippen molar-refractivity contribution in [3.8, 4) is 22.5 Å². The van der Waals surface area contributed by atoms with Crippen LogP contribution in [0, 0.1) is 11.8 Å². The second kappa shape index (κ2) is 12.8. The van der Waals surface area contributed by atoms with Crippen molar-refractivity contribution < 1.29 is 9.90 Å². The van der Waals surface area contributed by atoms with E-state index in [0.29, 0.717) is 18.3 Å². The maximum atomic E-state index is 11.3. The van der Waals surface area contributed by atoms with Crippen molar-refractivity contribution in [2.75, 3.05) is 0 Å². The van der Waals surface area contributed by atoms with E-state index < -0.39 is 5.97 Å². The average molecular weight is 528 g/mol. The molecule has 9 nitrogen and oxygen atoms in total. The molecule has 1 fully saturated rings. The van der Waals surface area contributed by atoms with Crippen LogP contribution in [0.4, 0.5) is 0 Å². The van der Waals surface area contributed by atoms with Gasteiger partial charge in [-0.15, -0.1) is 10.2 Å². The van der Waals surface area contributed by atoms with Crippen LogP contribution in [0.3, 0.4) is 0 Å². The van der Waals surface area contributed by atoms with E-state index in [4.69, 9.17) is 10.1 Å². The number of aryl methyl sites for hydroxylation is 2. The lowest BCUT2D eigenvalue weighted by molar-refractivity contribution is -0.143. The number of carboxylic acid groups (broad SMARTS) is 1. The molecule has 1 aliphatic carbocycles. The number of carbonyl (C=O) groups is 1. The number of carboxylic acids is 1. The standard InChI is InChI=1S/C30H37N7O2/c1-2-3-4-9-27-31-28(19-14-21-10-17-24(18-11-21)30(38)39)37(34-27)20-22-12-15-23(16-13-22)25-7-5-6-8-26(25)29-32-35-36-33-29/h5-8,12-13,15-16,21,24H,2-4,9-11,14,17-20H2,1H3,(H,38,39)(H,32,33,35,36). The Bertz CT molecular complexity index is 1340. The van der Waals surface area contributed by atoms with Gasteiger partial charge in [-0.3, -0.25) is 4.79 Å². The first-order valence-corrected chi connectivity index (χ1v) is 14.2. The Labute approximate surface area is 229 Å². The highest BCUT2D eigenvalue weighted by molar-refractivity contribution is 5.80. The third-order valence-electron chi connectivity index (χ3n) is 7.88. The van der Waals surface area contributed by atoms with Gasteiger partial charge in [0.2, 0.25) is 5.82 Å². The summed E-state index contributed by atoms with van der Waals surface area (Å²) < 4.78 is 2.08. The monoisotopic (exact) mass is 527 g/mol. The number of aliphatic carboxylic acids is 1. The van der Waals surface area contributed by atoms with Crippen LogP contribution < -0.4 is 0 Å². The van der Waals surface area contributed by atoms with Crippen LogP contribution in [-0.2, 0) is 24.2 Å². The van der Waals surface area contributed by atoms with Crippen LogP contribution in [0.2, 0.25) is 0 Å². The predicted octanol–water partition coefficient (Wildman–Crippen LogP) is 5.73. The minimum atomic E-state index is -0.644. The summed E-state index contributed by atoms with van der Waals surface area (Å²) in [4.78, 5) is 16.3. The van der Waals surface area contributed by atoms with E-state index in [1.54, 1.807) is 0 Å². The minimum absolute atomic E-state index is 0.169. The molecule has 2 aromatic heterocycles. The normalized spacial score (nSPS) is 17.4. The molecule has 0 amide bonds. The number of nitrogens with one attached hydrogen (secondary N) is 1. The molecule has 4 aromatic rings. The Morgan fingerprint density at radius 3 is 2.46 bits per heavy atom. The van der Waals surface area contributed by atoms with Gasteiger partial charge in [0.1, 0.15) is 5.82 Å². The highest BCUT2D eigenvalue weighted by Crippen LogP contribution is 2.32. The minimum Gasteiger partial charge on any atom is -0.481 e. The van der Waals surface area contributed by atoms with Crippen molar-refractivity contribution >= 4 is 5.97 Å². The smallest absolute Gasteiger partial charge is 0.306 e. The molecular weight excluding hydrogens is 490 g/mol. The molecule has 1 saturated carbocycles. The van der Waals surface area contributed by atoms with Gasteiger partial charge in [-0.05, 0) is 66.3 Å². The van der Waals surface area contributed by atoms with Crippen LogP contribution in [0.25, 0.3) is 22.5 Å². The first-order valence-electron chi connectivity index (χ1n) is 14.2. The number of unbranched alkanes of at least 4 members (excludes halogenated alkanes) is 2. The van der Waals surface area contributed by atoms with Crippen molar-refractivity contribution in [2.24, 2.45) is 11.8 Å². The van der Waals surface area contributed by atoms with Crippen molar-refractivity contribution in [2.45, 2.75) is 77.7 Å². The fraction of sp³-hybridized carbons (Fsp3) is 0.467. The molecule has 2 N–H and O–H groups in total. The molecule has 39 heavy (non-hydrogen) atoms. The molecule has 2 aromatic carbocycles. The first-order chi connectivity index (χ1) is 19.1. The molecule has 2 heterocycles. The van der Waals surface area contributed by atoms with Gasteiger partial charge in [-0.2, -0.15) is 10.3 Å². The summed E-state index contributed by atoms with van der Waals surface area (Å²) in [5.41, 5.74) is 4.26. The maximum absolute atomic E-state index is 11.3. The lowest BCUT2D eigenvalue weighted by atomic mass is 9.80.